The van der Waals surface area contributed by atoms with E-state index in [0.717, 1.165) is 12.8 Å². The van der Waals surface area contributed by atoms with Crippen LogP contribution in [0.15, 0.2) is 11.8 Å². The van der Waals surface area contributed by atoms with Gasteiger partial charge in [0.2, 0.25) is 0 Å². The van der Waals surface area contributed by atoms with Crippen LogP contribution in [-0.2, 0) is 14.0 Å². The molecule has 188 valence electrons. The third kappa shape index (κ3) is 4.58. The molecule has 9 atom stereocenters. The molecule has 0 aromatic heterocycles. The number of aliphatic hydroxyl groups excluding tert-OH is 1. The number of methoxy groups -OCH3 is 1. The molecule has 0 spiro atoms. The quantitative estimate of drug-likeness (QED) is 0.328. The molecule has 4 unspecified atom stereocenters. The van der Waals surface area contributed by atoms with E-state index in [0.29, 0.717) is 53.8 Å². The van der Waals surface area contributed by atoms with E-state index in [9.17, 15) is 9.90 Å². The summed E-state index contributed by atoms with van der Waals surface area (Å²) in [6, 6.07) is 0. The lowest BCUT2D eigenvalue weighted by Gasteiger charge is -2.60. The molecule has 0 amide bonds. The maximum atomic E-state index is 11.7. The molecule has 0 bridgehead atoms. The third-order valence-electron chi connectivity index (χ3n) is 10.5. The number of rotatable bonds is 6. The zero-order valence-corrected chi connectivity index (χ0v) is 23.2. The van der Waals surface area contributed by atoms with Crippen LogP contribution >= 0.6 is 0 Å². The van der Waals surface area contributed by atoms with E-state index < -0.39 is 8.32 Å². The highest BCUT2D eigenvalue weighted by Gasteiger charge is 2.61. The monoisotopic (exact) mass is 476 g/mol. The van der Waals surface area contributed by atoms with E-state index in [2.05, 4.69) is 46.5 Å². The zero-order chi connectivity index (χ0) is 24.2. The average molecular weight is 477 g/mol. The Labute approximate surface area is 203 Å². The predicted molar refractivity (Wildman–Crippen MR) is 135 cm³/mol. The largest absolute Gasteiger partial charge is 0.512 e. The van der Waals surface area contributed by atoms with E-state index in [1.54, 1.807) is 0 Å². The van der Waals surface area contributed by atoms with Gasteiger partial charge in [-0.25, -0.2) is 0 Å². The number of hydrogen-bond acceptors (Lipinski definition) is 4. The summed E-state index contributed by atoms with van der Waals surface area (Å²) in [4.78, 5) is 11.7. The molecule has 0 aromatic rings. The van der Waals surface area contributed by atoms with Crippen molar-refractivity contribution in [3.63, 3.8) is 0 Å². The Hall–Kier alpha value is -0.813. The summed E-state index contributed by atoms with van der Waals surface area (Å²) < 4.78 is 11.4. The highest BCUT2D eigenvalue weighted by Crippen LogP contribution is 2.68. The first-order valence-electron chi connectivity index (χ1n) is 13.5. The molecule has 4 rings (SSSR count). The van der Waals surface area contributed by atoms with Crippen molar-refractivity contribution >= 4 is 14.3 Å². The maximum Gasteiger partial charge on any atom is 0.305 e. The van der Waals surface area contributed by atoms with Crippen LogP contribution in [0.3, 0.4) is 0 Å². The van der Waals surface area contributed by atoms with Crippen molar-refractivity contribution in [1.82, 2.24) is 0 Å². The fraction of sp³-hybridized carbons (Fsp3) is 0.893. The summed E-state index contributed by atoms with van der Waals surface area (Å²) in [5.41, 5.74) is 0.548. The second-order valence-electron chi connectivity index (χ2n) is 13.4. The van der Waals surface area contributed by atoms with Gasteiger partial charge in [-0.05, 0) is 118 Å². The van der Waals surface area contributed by atoms with Crippen molar-refractivity contribution in [2.75, 3.05) is 7.11 Å². The summed E-state index contributed by atoms with van der Waals surface area (Å²) in [5.74, 6) is 3.65. The van der Waals surface area contributed by atoms with Gasteiger partial charge in [0, 0.05) is 18.4 Å². The highest BCUT2D eigenvalue weighted by molar-refractivity contribution is 6.69. The van der Waals surface area contributed by atoms with Crippen molar-refractivity contribution in [3.05, 3.63) is 11.8 Å². The van der Waals surface area contributed by atoms with E-state index in [1.165, 1.54) is 45.6 Å². The predicted octanol–water partition coefficient (Wildman–Crippen LogP) is 7.12. The minimum atomic E-state index is -1.55. The standard InChI is InChI=1S/C28H48O4Si/c1-18(8-11-25(30)31-4)21-9-10-22-26-23(13-15-28(21,22)3)27(2)14-12-20(32-33(5,6)7)16-19(27)17-24(26)29/h17-23,26,29H,8-16H2,1-7H3/t18-,19+,20-,21?,22?,23?,26?,27+,28-/m1/s1. The van der Waals surface area contributed by atoms with Gasteiger partial charge in [-0.1, -0.05) is 20.8 Å². The molecular weight excluding hydrogens is 428 g/mol. The van der Waals surface area contributed by atoms with Gasteiger partial charge < -0.3 is 14.3 Å². The van der Waals surface area contributed by atoms with Gasteiger partial charge in [0.05, 0.1) is 12.9 Å². The molecule has 4 nitrogen and oxygen atoms in total. The van der Waals surface area contributed by atoms with Crippen molar-refractivity contribution in [2.24, 2.45) is 46.3 Å². The van der Waals surface area contributed by atoms with Gasteiger partial charge >= 0.3 is 5.97 Å². The maximum absolute atomic E-state index is 11.7. The second-order valence-corrected chi connectivity index (χ2v) is 17.9. The smallest absolute Gasteiger partial charge is 0.305 e. The first kappa shape index (κ1) is 25.3. The topological polar surface area (TPSA) is 55.8 Å². The van der Waals surface area contributed by atoms with Crippen LogP contribution in [0.1, 0.15) is 78.6 Å². The number of fused-ring (bicyclic) bond motifs is 5. The molecule has 0 radical (unpaired) electrons. The summed E-state index contributed by atoms with van der Waals surface area (Å²) in [7, 11) is -0.0679. The number of aliphatic hydroxyl groups is 1. The van der Waals surface area contributed by atoms with Gasteiger partial charge in [-0.3, -0.25) is 4.79 Å². The van der Waals surface area contributed by atoms with Gasteiger partial charge in [0.1, 0.15) is 0 Å². The van der Waals surface area contributed by atoms with Crippen molar-refractivity contribution in [1.29, 1.82) is 0 Å². The van der Waals surface area contributed by atoms with Crippen molar-refractivity contribution in [3.8, 4) is 0 Å². The molecule has 3 fully saturated rings. The summed E-state index contributed by atoms with van der Waals surface area (Å²) in [6.45, 7) is 14.2. The van der Waals surface area contributed by atoms with Crippen LogP contribution < -0.4 is 0 Å². The van der Waals surface area contributed by atoms with Gasteiger partial charge in [0.15, 0.2) is 8.32 Å². The molecule has 3 saturated carbocycles. The summed E-state index contributed by atoms with van der Waals surface area (Å²) in [5, 5.41) is 11.4. The first-order valence-corrected chi connectivity index (χ1v) is 16.9. The van der Waals surface area contributed by atoms with E-state index in [4.69, 9.17) is 9.16 Å². The van der Waals surface area contributed by atoms with Crippen LogP contribution in [0, 0.1) is 46.3 Å². The highest BCUT2D eigenvalue weighted by atomic mass is 28.4. The van der Waals surface area contributed by atoms with E-state index >= 15 is 0 Å². The number of ether oxygens (including phenoxy) is 1. The van der Waals surface area contributed by atoms with Crippen LogP contribution in [0.5, 0.6) is 0 Å². The fourth-order valence-corrected chi connectivity index (χ4v) is 10.1. The second kappa shape index (κ2) is 9.00. The molecule has 1 N–H and O–H groups in total. The SMILES string of the molecule is COC(=O)CC[C@@H](C)C1CCC2C3C(O)=C[C@@H]4C[C@H](O[Si](C)(C)C)CC[C@]4(C)C3CC[C@@]21C. The van der Waals surface area contributed by atoms with E-state index in [1.807, 2.05) is 0 Å². The molecule has 0 saturated heterocycles. The van der Waals surface area contributed by atoms with Crippen molar-refractivity contribution in [2.45, 2.75) is 104 Å². The number of allylic oxidation sites excluding steroid dienone is 2. The van der Waals surface area contributed by atoms with Crippen LogP contribution in [0.2, 0.25) is 19.6 Å². The lowest BCUT2D eigenvalue weighted by atomic mass is 9.46. The Morgan fingerprint density at radius 1 is 1.12 bits per heavy atom. The Bertz CT molecular complexity index is 772. The lowest BCUT2D eigenvalue weighted by molar-refractivity contribution is -0.141. The Morgan fingerprint density at radius 2 is 1.79 bits per heavy atom. The fourth-order valence-electron chi connectivity index (χ4n) is 8.89. The Balaban J connectivity index is 1.53. The van der Waals surface area contributed by atoms with Gasteiger partial charge in [-0.2, -0.15) is 0 Å². The lowest BCUT2D eigenvalue weighted by Crippen LogP contribution is -2.54. The first-order chi connectivity index (χ1) is 15.4. The molecular formula is C28H48O4Si. The number of hydrogen-bond donors (Lipinski definition) is 1. The normalized spacial score (nSPS) is 43.7. The molecule has 0 heterocycles. The number of esters is 1. The minimum absolute atomic E-state index is 0.0919. The molecule has 0 aromatic carbocycles. The van der Waals surface area contributed by atoms with Gasteiger partial charge in [-0.15, -0.1) is 0 Å². The minimum Gasteiger partial charge on any atom is -0.512 e. The van der Waals surface area contributed by atoms with Crippen molar-refractivity contribution < 1.29 is 19.1 Å². The Kier molecular flexibility index (Phi) is 6.90. The Morgan fingerprint density at radius 3 is 2.45 bits per heavy atom. The molecule has 4 aliphatic carbocycles. The molecule has 4 aliphatic rings. The van der Waals surface area contributed by atoms with Gasteiger partial charge in [0.25, 0.3) is 0 Å². The number of carbonyl (C=O) groups is 1. The summed E-state index contributed by atoms with van der Waals surface area (Å²) in [6.07, 6.45) is 12.4. The molecule has 33 heavy (non-hydrogen) atoms. The molecule has 0 aliphatic heterocycles. The van der Waals surface area contributed by atoms with E-state index in [-0.39, 0.29) is 16.8 Å². The average Bonchev–Trinajstić information content (AvgIpc) is 3.09. The molecule has 5 heteroatoms. The number of carbonyl (C=O) groups excluding carboxylic acids is 1. The van der Waals surface area contributed by atoms with Crippen LogP contribution in [0.4, 0.5) is 0 Å². The van der Waals surface area contributed by atoms with Crippen LogP contribution in [-0.4, -0.2) is 32.6 Å². The van der Waals surface area contributed by atoms with Crippen LogP contribution in [0.25, 0.3) is 0 Å². The third-order valence-corrected chi connectivity index (χ3v) is 11.6. The summed E-state index contributed by atoms with van der Waals surface area (Å²) >= 11 is 0. The zero-order valence-electron chi connectivity index (χ0n) is 22.2.